The molecule has 3 rings (SSSR count). The van der Waals surface area contributed by atoms with E-state index in [1.54, 1.807) is 6.92 Å². The quantitative estimate of drug-likeness (QED) is 0.479. The fourth-order valence-electron chi connectivity index (χ4n) is 3.54. The summed E-state index contributed by atoms with van der Waals surface area (Å²) >= 11 is 0. The molecule has 1 atom stereocenters. The van der Waals surface area contributed by atoms with E-state index >= 15 is 0 Å². The smallest absolute Gasteiger partial charge is 0.320 e. The van der Waals surface area contributed by atoms with Crippen LogP contribution in [0.2, 0.25) is 0 Å². The molecule has 0 fully saturated rings. The van der Waals surface area contributed by atoms with E-state index in [1.807, 2.05) is 91.0 Å². The number of nitrogens with one attached hydrogen (secondary N) is 2. The maximum absolute atomic E-state index is 13.0. The van der Waals surface area contributed by atoms with Crippen molar-refractivity contribution in [1.82, 2.24) is 10.6 Å². The van der Waals surface area contributed by atoms with E-state index in [9.17, 15) is 9.59 Å². The topological polar surface area (TPSA) is 78.4 Å². The molecule has 0 spiro atoms. The van der Waals surface area contributed by atoms with Gasteiger partial charge in [-0.15, -0.1) is 0 Å². The molecule has 0 aliphatic rings. The van der Waals surface area contributed by atoms with E-state index in [1.165, 1.54) is 0 Å². The minimum Gasteiger partial charge on any atom is -0.480 e. The van der Waals surface area contributed by atoms with Gasteiger partial charge in [0.2, 0.25) is 5.91 Å². The second kappa shape index (κ2) is 9.85. The molecule has 0 saturated carbocycles. The number of hydrogen-bond donors (Lipinski definition) is 3. The van der Waals surface area contributed by atoms with Gasteiger partial charge in [0.1, 0.15) is 11.6 Å². The molecule has 154 valence electrons. The van der Waals surface area contributed by atoms with Crippen molar-refractivity contribution < 1.29 is 14.7 Å². The highest BCUT2D eigenvalue weighted by Crippen LogP contribution is 2.36. The van der Waals surface area contributed by atoms with E-state index in [-0.39, 0.29) is 18.9 Å². The Labute approximate surface area is 176 Å². The van der Waals surface area contributed by atoms with Crippen LogP contribution >= 0.6 is 0 Å². The highest BCUT2D eigenvalue weighted by molar-refractivity contribution is 5.79. The molecule has 3 aromatic carbocycles. The van der Waals surface area contributed by atoms with Gasteiger partial charge in [-0.25, -0.2) is 0 Å². The van der Waals surface area contributed by atoms with Crippen LogP contribution in [0.1, 0.15) is 30.0 Å². The molecule has 1 amide bonds. The van der Waals surface area contributed by atoms with Crippen LogP contribution in [0.4, 0.5) is 0 Å². The number of amides is 1. The maximum atomic E-state index is 13.0. The normalized spacial score (nSPS) is 12.2. The first-order chi connectivity index (χ1) is 14.5. The summed E-state index contributed by atoms with van der Waals surface area (Å²) in [4.78, 5) is 24.0. The van der Waals surface area contributed by atoms with Crippen molar-refractivity contribution in [3.63, 3.8) is 0 Å². The first-order valence-electron chi connectivity index (χ1n) is 9.98. The van der Waals surface area contributed by atoms with E-state index in [4.69, 9.17) is 5.11 Å². The Morgan fingerprint density at radius 3 is 1.57 bits per heavy atom. The Balaban J connectivity index is 1.99. The van der Waals surface area contributed by atoms with Crippen LogP contribution in [-0.2, 0) is 15.1 Å². The Morgan fingerprint density at radius 2 is 1.20 bits per heavy atom. The summed E-state index contributed by atoms with van der Waals surface area (Å²) < 4.78 is 0. The second-order valence-electron chi connectivity index (χ2n) is 7.16. The van der Waals surface area contributed by atoms with Crippen molar-refractivity contribution in [2.75, 3.05) is 6.54 Å². The summed E-state index contributed by atoms with van der Waals surface area (Å²) in [7, 11) is 0. The lowest BCUT2D eigenvalue weighted by Gasteiger charge is -2.37. The van der Waals surface area contributed by atoms with E-state index in [0.717, 1.165) is 16.7 Å². The summed E-state index contributed by atoms with van der Waals surface area (Å²) in [6.07, 6.45) is 0.159. The molecule has 3 N–H and O–H groups in total. The van der Waals surface area contributed by atoms with Gasteiger partial charge in [-0.2, -0.15) is 0 Å². The molecule has 0 unspecified atom stereocenters. The lowest BCUT2D eigenvalue weighted by molar-refractivity contribution is -0.139. The number of rotatable bonds is 9. The predicted molar refractivity (Wildman–Crippen MR) is 117 cm³/mol. The zero-order valence-electron chi connectivity index (χ0n) is 16.9. The molecule has 0 aliphatic heterocycles. The number of carbonyl (C=O) groups is 2. The third kappa shape index (κ3) is 4.75. The highest BCUT2D eigenvalue weighted by atomic mass is 16.4. The molecule has 0 aliphatic carbocycles. The Kier molecular flexibility index (Phi) is 6.99. The van der Waals surface area contributed by atoms with Gasteiger partial charge >= 0.3 is 5.97 Å². The number of hydrogen-bond acceptors (Lipinski definition) is 3. The SMILES string of the molecule is C[C@H](NCCC(=O)NC(c1ccccc1)(c1ccccc1)c1ccccc1)C(=O)O. The molecule has 0 heterocycles. The minimum absolute atomic E-state index is 0.159. The molecule has 0 radical (unpaired) electrons. The Bertz CT molecular complexity index is 863. The van der Waals surface area contributed by atoms with Crippen molar-refractivity contribution in [1.29, 1.82) is 0 Å². The summed E-state index contributed by atoms with van der Waals surface area (Å²) in [6.45, 7) is 1.83. The van der Waals surface area contributed by atoms with Crippen LogP contribution < -0.4 is 10.6 Å². The van der Waals surface area contributed by atoms with Gasteiger partial charge in [0.05, 0.1) is 0 Å². The lowest BCUT2D eigenvalue weighted by Crippen LogP contribution is -2.48. The minimum atomic E-state index is -0.942. The highest BCUT2D eigenvalue weighted by Gasteiger charge is 2.37. The summed E-state index contributed by atoms with van der Waals surface area (Å²) in [6, 6.07) is 28.9. The van der Waals surface area contributed by atoms with Gasteiger partial charge in [-0.05, 0) is 23.6 Å². The van der Waals surface area contributed by atoms with Crippen molar-refractivity contribution in [2.45, 2.75) is 24.9 Å². The Hall–Kier alpha value is -3.44. The van der Waals surface area contributed by atoms with Crippen molar-refractivity contribution in [3.8, 4) is 0 Å². The maximum Gasteiger partial charge on any atom is 0.320 e. The van der Waals surface area contributed by atoms with Gasteiger partial charge in [-0.3, -0.25) is 9.59 Å². The average Bonchev–Trinajstić information content (AvgIpc) is 2.79. The second-order valence-corrected chi connectivity index (χ2v) is 7.16. The summed E-state index contributed by atoms with van der Waals surface area (Å²) in [5.41, 5.74) is 1.98. The van der Waals surface area contributed by atoms with Crippen LogP contribution in [0.3, 0.4) is 0 Å². The van der Waals surface area contributed by atoms with E-state index < -0.39 is 17.6 Å². The van der Waals surface area contributed by atoms with Crippen LogP contribution in [0.15, 0.2) is 91.0 Å². The molecule has 0 saturated heterocycles. The standard InChI is InChI=1S/C25H26N2O3/c1-19(24(29)30)26-18-17-23(28)27-25(20-11-5-2-6-12-20,21-13-7-3-8-14-21)22-15-9-4-10-16-22/h2-16,19,26H,17-18H2,1H3,(H,27,28)(H,29,30)/t19-/m0/s1. The lowest BCUT2D eigenvalue weighted by atomic mass is 9.77. The number of carboxylic acid groups (broad SMARTS) is 1. The zero-order chi connectivity index (χ0) is 21.4. The summed E-state index contributed by atoms with van der Waals surface area (Å²) in [5, 5.41) is 15.1. The fraction of sp³-hybridized carbons (Fsp3) is 0.200. The number of carbonyl (C=O) groups excluding carboxylic acids is 1. The molecular formula is C25H26N2O3. The van der Waals surface area contributed by atoms with E-state index in [2.05, 4.69) is 10.6 Å². The molecular weight excluding hydrogens is 376 g/mol. The van der Waals surface area contributed by atoms with Crippen molar-refractivity contribution in [3.05, 3.63) is 108 Å². The van der Waals surface area contributed by atoms with Gasteiger partial charge in [0.15, 0.2) is 0 Å². The third-order valence-corrected chi connectivity index (χ3v) is 5.12. The van der Waals surface area contributed by atoms with Gasteiger partial charge < -0.3 is 15.7 Å². The fourth-order valence-corrected chi connectivity index (χ4v) is 3.54. The van der Waals surface area contributed by atoms with Gasteiger partial charge in [-0.1, -0.05) is 91.0 Å². The van der Waals surface area contributed by atoms with Crippen LogP contribution in [0, 0.1) is 0 Å². The molecule has 3 aromatic rings. The average molecular weight is 402 g/mol. The molecule has 0 bridgehead atoms. The van der Waals surface area contributed by atoms with Crippen molar-refractivity contribution >= 4 is 11.9 Å². The largest absolute Gasteiger partial charge is 0.480 e. The van der Waals surface area contributed by atoms with Crippen LogP contribution in [0.25, 0.3) is 0 Å². The molecule has 30 heavy (non-hydrogen) atoms. The number of aliphatic carboxylic acids is 1. The molecule has 5 heteroatoms. The monoisotopic (exact) mass is 402 g/mol. The Morgan fingerprint density at radius 1 is 0.800 bits per heavy atom. The van der Waals surface area contributed by atoms with Gasteiger partial charge in [0, 0.05) is 13.0 Å². The summed E-state index contributed by atoms with van der Waals surface area (Å²) in [5.74, 6) is -1.11. The first kappa shape index (κ1) is 21.3. The van der Waals surface area contributed by atoms with Crippen LogP contribution in [-0.4, -0.2) is 29.6 Å². The molecule has 0 aromatic heterocycles. The zero-order valence-corrected chi connectivity index (χ0v) is 16.9. The van der Waals surface area contributed by atoms with E-state index in [0.29, 0.717) is 0 Å². The van der Waals surface area contributed by atoms with Gasteiger partial charge in [0.25, 0.3) is 0 Å². The third-order valence-electron chi connectivity index (χ3n) is 5.12. The number of carboxylic acids is 1. The number of benzene rings is 3. The van der Waals surface area contributed by atoms with Crippen LogP contribution in [0.5, 0.6) is 0 Å². The van der Waals surface area contributed by atoms with Crippen molar-refractivity contribution in [2.24, 2.45) is 0 Å². The first-order valence-corrected chi connectivity index (χ1v) is 9.98. The predicted octanol–water partition coefficient (Wildman–Crippen LogP) is 3.55. The molecule has 5 nitrogen and oxygen atoms in total.